The molecular formula is C22H21NO3S. The molecule has 4 nitrogen and oxygen atoms in total. The van der Waals surface area contributed by atoms with Gasteiger partial charge in [-0.25, -0.2) is 8.42 Å². The van der Waals surface area contributed by atoms with E-state index in [1.54, 1.807) is 30.5 Å². The van der Waals surface area contributed by atoms with Crippen molar-refractivity contribution in [3.05, 3.63) is 83.7 Å². The maximum atomic E-state index is 12.0. The van der Waals surface area contributed by atoms with Crippen molar-refractivity contribution >= 4 is 22.0 Å². The van der Waals surface area contributed by atoms with Crippen LogP contribution >= 0.6 is 0 Å². The number of sulfone groups is 1. The Hall–Kier alpha value is -2.76. The van der Waals surface area contributed by atoms with E-state index < -0.39 is 9.84 Å². The number of aliphatic hydroxyl groups excluding tert-OH is 1. The van der Waals surface area contributed by atoms with Crippen LogP contribution < -0.4 is 0 Å². The van der Waals surface area contributed by atoms with E-state index in [4.69, 9.17) is 5.11 Å². The predicted molar refractivity (Wildman–Crippen MR) is 109 cm³/mol. The Labute approximate surface area is 159 Å². The van der Waals surface area contributed by atoms with E-state index in [-0.39, 0.29) is 17.3 Å². The van der Waals surface area contributed by atoms with Gasteiger partial charge in [-0.15, -0.1) is 0 Å². The minimum atomic E-state index is -3.43. The zero-order valence-corrected chi connectivity index (χ0v) is 15.9. The SMILES string of the molecule is Cc1ccc(/C=C/c2ccccn2)cc1-c1ccc(S(=O)(=O)CCO)cc1. The Balaban J connectivity index is 1.89. The van der Waals surface area contributed by atoms with Crippen molar-refractivity contribution in [3.63, 3.8) is 0 Å². The van der Waals surface area contributed by atoms with Gasteiger partial charge in [0.15, 0.2) is 9.84 Å². The number of hydrogen-bond acceptors (Lipinski definition) is 4. The Morgan fingerprint density at radius 1 is 1.00 bits per heavy atom. The molecule has 0 bridgehead atoms. The summed E-state index contributed by atoms with van der Waals surface area (Å²) in [6, 6.07) is 18.7. The fourth-order valence-corrected chi connectivity index (χ4v) is 3.82. The fourth-order valence-electron chi connectivity index (χ4n) is 2.79. The van der Waals surface area contributed by atoms with Crippen LogP contribution in [0, 0.1) is 6.92 Å². The van der Waals surface area contributed by atoms with E-state index in [2.05, 4.69) is 11.1 Å². The van der Waals surface area contributed by atoms with Crippen molar-refractivity contribution in [2.75, 3.05) is 12.4 Å². The van der Waals surface area contributed by atoms with Gasteiger partial charge in [-0.05, 0) is 65.6 Å². The molecule has 0 fully saturated rings. The normalized spacial score (nSPS) is 11.8. The molecule has 0 saturated heterocycles. The summed E-state index contributed by atoms with van der Waals surface area (Å²) in [7, 11) is -3.43. The average Bonchev–Trinajstić information content (AvgIpc) is 2.68. The van der Waals surface area contributed by atoms with Gasteiger partial charge in [0.05, 0.1) is 22.9 Å². The molecule has 0 radical (unpaired) electrons. The molecule has 1 N–H and O–H groups in total. The van der Waals surface area contributed by atoms with E-state index in [9.17, 15) is 8.42 Å². The molecule has 0 atom stereocenters. The van der Waals surface area contributed by atoms with Gasteiger partial charge >= 0.3 is 0 Å². The lowest BCUT2D eigenvalue weighted by Crippen LogP contribution is -2.09. The van der Waals surface area contributed by atoms with Crippen LogP contribution in [-0.4, -0.2) is 30.9 Å². The standard InChI is InChI=1S/C22H21NO3S/c1-17-5-6-18(7-10-20-4-2-3-13-23-20)16-22(17)19-8-11-21(12-9-19)27(25,26)15-14-24/h2-13,16,24H,14-15H2,1H3/b10-7+. The summed E-state index contributed by atoms with van der Waals surface area (Å²) in [5, 5.41) is 8.91. The summed E-state index contributed by atoms with van der Waals surface area (Å²) in [5.74, 6) is -0.265. The van der Waals surface area contributed by atoms with Crippen molar-refractivity contribution < 1.29 is 13.5 Å². The smallest absolute Gasteiger partial charge is 0.180 e. The number of hydrogen-bond donors (Lipinski definition) is 1. The number of aliphatic hydroxyl groups is 1. The van der Waals surface area contributed by atoms with Gasteiger partial charge in [0.1, 0.15) is 0 Å². The summed E-state index contributed by atoms with van der Waals surface area (Å²) < 4.78 is 24.1. The maximum absolute atomic E-state index is 12.0. The van der Waals surface area contributed by atoms with Gasteiger partial charge in [-0.3, -0.25) is 4.98 Å². The lowest BCUT2D eigenvalue weighted by Gasteiger charge is -2.09. The molecule has 1 aromatic heterocycles. The van der Waals surface area contributed by atoms with Gasteiger partial charge in [-0.1, -0.05) is 36.4 Å². The highest BCUT2D eigenvalue weighted by molar-refractivity contribution is 7.91. The number of nitrogens with zero attached hydrogens (tertiary/aromatic N) is 1. The van der Waals surface area contributed by atoms with Crippen molar-refractivity contribution in [2.24, 2.45) is 0 Å². The van der Waals surface area contributed by atoms with Gasteiger partial charge in [0.2, 0.25) is 0 Å². The average molecular weight is 379 g/mol. The molecule has 0 aliphatic carbocycles. The molecule has 138 valence electrons. The third-order valence-electron chi connectivity index (χ3n) is 4.28. The van der Waals surface area contributed by atoms with E-state index in [0.717, 1.165) is 27.9 Å². The van der Waals surface area contributed by atoms with Gasteiger partial charge in [0.25, 0.3) is 0 Å². The van der Waals surface area contributed by atoms with Crippen molar-refractivity contribution in [3.8, 4) is 11.1 Å². The lowest BCUT2D eigenvalue weighted by molar-refractivity contribution is 0.319. The molecule has 3 aromatic rings. The molecular weight excluding hydrogens is 358 g/mol. The van der Waals surface area contributed by atoms with E-state index in [1.807, 2.05) is 49.4 Å². The minimum absolute atomic E-state index is 0.226. The zero-order chi connectivity index (χ0) is 19.3. The maximum Gasteiger partial charge on any atom is 0.180 e. The van der Waals surface area contributed by atoms with Crippen LogP contribution in [0.4, 0.5) is 0 Å². The summed E-state index contributed by atoms with van der Waals surface area (Å²) in [6.45, 7) is 1.64. The molecule has 0 amide bonds. The number of benzene rings is 2. The highest BCUT2D eigenvalue weighted by atomic mass is 32.2. The molecule has 0 aliphatic rings. The van der Waals surface area contributed by atoms with Crippen LogP contribution in [0.5, 0.6) is 0 Å². The second-order valence-electron chi connectivity index (χ2n) is 6.23. The number of aryl methyl sites for hydroxylation is 1. The molecule has 0 saturated carbocycles. The van der Waals surface area contributed by atoms with Crippen LogP contribution in [0.3, 0.4) is 0 Å². The monoisotopic (exact) mass is 379 g/mol. The topological polar surface area (TPSA) is 67.3 Å². The molecule has 1 heterocycles. The van der Waals surface area contributed by atoms with E-state index in [0.29, 0.717) is 0 Å². The van der Waals surface area contributed by atoms with Crippen LogP contribution in [0.2, 0.25) is 0 Å². The van der Waals surface area contributed by atoms with Crippen molar-refractivity contribution in [1.82, 2.24) is 4.98 Å². The van der Waals surface area contributed by atoms with Crippen LogP contribution in [0.15, 0.2) is 71.8 Å². The highest BCUT2D eigenvalue weighted by Crippen LogP contribution is 2.27. The minimum Gasteiger partial charge on any atom is -0.395 e. The van der Waals surface area contributed by atoms with Crippen molar-refractivity contribution in [1.29, 1.82) is 0 Å². The first kappa shape index (κ1) is 19.0. The number of rotatable bonds is 6. The van der Waals surface area contributed by atoms with E-state index in [1.165, 1.54) is 0 Å². The van der Waals surface area contributed by atoms with Crippen LogP contribution in [0.25, 0.3) is 23.3 Å². The third kappa shape index (κ3) is 4.70. The number of aromatic nitrogens is 1. The summed E-state index contributed by atoms with van der Waals surface area (Å²) >= 11 is 0. The lowest BCUT2D eigenvalue weighted by atomic mass is 9.98. The summed E-state index contributed by atoms with van der Waals surface area (Å²) in [6.07, 6.45) is 5.72. The fraction of sp³-hybridized carbons (Fsp3) is 0.136. The molecule has 0 unspecified atom stereocenters. The molecule has 0 aliphatic heterocycles. The number of pyridine rings is 1. The molecule has 2 aromatic carbocycles. The quantitative estimate of drug-likeness (QED) is 0.703. The first-order valence-corrected chi connectivity index (χ1v) is 10.3. The molecule has 0 spiro atoms. The molecule has 5 heteroatoms. The Morgan fingerprint density at radius 3 is 2.44 bits per heavy atom. The van der Waals surface area contributed by atoms with Crippen LogP contribution in [-0.2, 0) is 9.84 Å². The first-order valence-electron chi connectivity index (χ1n) is 8.63. The summed E-state index contributed by atoms with van der Waals surface area (Å²) in [4.78, 5) is 4.50. The molecule has 3 rings (SSSR count). The van der Waals surface area contributed by atoms with Gasteiger partial charge in [0, 0.05) is 6.20 Å². The third-order valence-corrected chi connectivity index (χ3v) is 5.99. The Morgan fingerprint density at radius 2 is 1.78 bits per heavy atom. The first-order chi connectivity index (χ1) is 13.0. The van der Waals surface area contributed by atoms with Gasteiger partial charge < -0.3 is 5.11 Å². The Bertz CT molecular complexity index is 1040. The second-order valence-corrected chi connectivity index (χ2v) is 8.34. The van der Waals surface area contributed by atoms with E-state index >= 15 is 0 Å². The second kappa shape index (κ2) is 8.29. The molecule has 27 heavy (non-hydrogen) atoms. The van der Waals surface area contributed by atoms with Gasteiger partial charge in [-0.2, -0.15) is 0 Å². The Kier molecular flexibility index (Phi) is 5.84. The zero-order valence-electron chi connectivity index (χ0n) is 15.0. The largest absolute Gasteiger partial charge is 0.395 e. The summed E-state index contributed by atoms with van der Waals surface area (Å²) in [5.41, 5.74) is 5.03. The highest BCUT2D eigenvalue weighted by Gasteiger charge is 2.13. The van der Waals surface area contributed by atoms with Crippen molar-refractivity contribution in [2.45, 2.75) is 11.8 Å². The predicted octanol–water partition coefficient (Wildman–Crippen LogP) is 3.99. The van der Waals surface area contributed by atoms with Crippen LogP contribution in [0.1, 0.15) is 16.8 Å².